The van der Waals surface area contributed by atoms with Crippen molar-refractivity contribution in [2.75, 3.05) is 0 Å². The summed E-state index contributed by atoms with van der Waals surface area (Å²) in [6.45, 7) is 2.06. The molecule has 23 heavy (non-hydrogen) atoms. The van der Waals surface area contributed by atoms with Gasteiger partial charge in [0.15, 0.2) is 5.78 Å². The quantitative estimate of drug-likeness (QED) is 0.844. The van der Waals surface area contributed by atoms with Crippen LogP contribution in [0.2, 0.25) is 0 Å². The highest BCUT2D eigenvalue weighted by Crippen LogP contribution is 2.41. The van der Waals surface area contributed by atoms with Crippen molar-refractivity contribution >= 4 is 22.5 Å². The number of carbonyl (C=O) groups is 2. The van der Waals surface area contributed by atoms with Crippen molar-refractivity contribution in [1.82, 2.24) is 4.90 Å². The van der Waals surface area contributed by atoms with Crippen molar-refractivity contribution in [2.45, 2.75) is 44.7 Å². The molecular formula is C20H21NO2. The molecule has 3 heteroatoms. The van der Waals surface area contributed by atoms with Crippen molar-refractivity contribution in [3.63, 3.8) is 0 Å². The lowest BCUT2D eigenvalue weighted by molar-refractivity contribution is -0.137. The minimum absolute atomic E-state index is 0.0642. The molecule has 0 spiro atoms. The summed E-state index contributed by atoms with van der Waals surface area (Å²) in [5.74, 6) is 0.607. The fourth-order valence-electron chi connectivity index (χ4n) is 4.41. The van der Waals surface area contributed by atoms with Crippen LogP contribution in [0.4, 0.5) is 0 Å². The molecule has 1 saturated carbocycles. The molecule has 3 nitrogen and oxygen atoms in total. The Morgan fingerprint density at radius 2 is 1.87 bits per heavy atom. The Kier molecular flexibility index (Phi) is 3.44. The van der Waals surface area contributed by atoms with Crippen LogP contribution in [0.1, 0.15) is 44.2 Å². The van der Waals surface area contributed by atoms with Gasteiger partial charge in [0.1, 0.15) is 0 Å². The van der Waals surface area contributed by atoms with E-state index in [1.165, 1.54) is 10.8 Å². The smallest absolute Gasteiger partial charge is 0.224 e. The second-order valence-corrected chi connectivity index (χ2v) is 6.81. The molecular weight excluding hydrogens is 286 g/mol. The van der Waals surface area contributed by atoms with Crippen molar-refractivity contribution in [3.05, 3.63) is 48.0 Å². The van der Waals surface area contributed by atoms with Crippen molar-refractivity contribution in [1.29, 1.82) is 0 Å². The zero-order chi connectivity index (χ0) is 16.0. The number of ketones is 1. The van der Waals surface area contributed by atoms with Gasteiger partial charge in [-0.05, 0) is 42.0 Å². The van der Waals surface area contributed by atoms with Gasteiger partial charge < -0.3 is 4.90 Å². The van der Waals surface area contributed by atoms with Gasteiger partial charge in [0.25, 0.3) is 0 Å². The summed E-state index contributed by atoms with van der Waals surface area (Å²) in [4.78, 5) is 26.9. The van der Waals surface area contributed by atoms with E-state index >= 15 is 0 Å². The topological polar surface area (TPSA) is 37.4 Å². The predicted octanol–water partition coefficient (Wildman–Crippen LogP) is 3.87. The molecule has 118 valence electrons. The molecule has 0 N–H and O–H groups in total. The van der Waals surface area contributed by atoms with Crippen LogP contribution in [-0.2, 0) is 9.59 Å². The summed E-state index contributed by atoms with van der Waals surface area (Å²) in [7, 11) is 0. The zero-order valence-corrected chi connectivity index (χ0v) is 13.4. The van der Waals surface area contributed by atoms with E-state index in [9.17, 15) is 9.59 Å². The summed E-state index contributed by atoms with van der Waals surface area (Å²) in [6, 6.07) is 14.2. The Labute approximate surface area is 136 Å². The van der Waals surface area contributed by atoms with Crippen LogP contribution in [0.25, 0.3) is 10.8 Å². The van der Waals surface area contributed by atoms with Gasteiger partial charge >= 0.3 is 0 Å². The first-order valence-electron chi connectivity index (χ1n) is 8.48. The van der Waals surface area contributed by atoms with Crippen molar-refractivity contribution < 1.29 is 9.59 Å². The lowest BCUT2D eigenvalue weighted by Gasteiger charge is -2.35. The highest BCUT2D eigenvalue weighted by atomic mass is 16.2. The largest absolute Gasteiger partial charge is 0.326 e. The number of benzene rings is 2. The molecule has 2 aromatic carbocycles. The summed E-state index contributed by atoms with van der Waals surface area (Å²) in [5.41, 5.74) is 1.13. The average molecular weight is 307 g/mol. The molecule has 1 amide bonds. The predicted molar refractivity (Wildman–Crippen MR) is 90.0 cm³/mol. The van der Waals surface area contributed by atoms with Crippen LogP contribution in [-0.4, -0.2) is 22.6 Å². The van der Waals surface area contributed by atoms with E-state index in [0.717, 1.165) is 18.4 Å². The van der Waals surface area contributed by atoms with Crippen LogP contribution in [0, 0.1) is 5.92 Å². The molecule has 0 unspecified atom stereocenters. The molecule has 2 fully saturated rings. The number of fused-ring (bicyclic) bond motifs is 2. The molecule has 2 aromatic rings. The maximum Gasteiger partial charge on any atom is 0.224 e. The van der Waals surface area contributed by atoms with E-state index in [4.69, 9.17) is 0 Å². The van der Waals surface area contributed by atoms with Gasteiger partial charge in [0.05, 0.1) is 12.1 Å². The first kappa shape index (κ1) is 14.4. The number of nitrogens with zero attached hydrogens (tertiary/aromatic N) is 1. The number of hydrogen-bond acceptors (Lipinski definition) is 2. The van der Waals surface area contributed by atoms with Crippen LogP contribution < -0.4 is 0 Å². The molecule has 0 radical (unpaired) electrons. The SMILES string of the molecule is C[C@@H](c1cccc2ccccc12)N1C(=O)C[C@@H]2CCCC(=O)[C@@H]21. The van der Waals surface area contributed by atoms with E-state index in [2.05, 4.69) is 31.2 Å². The average Bonchev–Trinajstić information content (AvgIpc) is 2.91. The fourth-order valence-corrected chi connectivity index (χ4v) is 4.41. The number of rotatable bonds is 2. The summed E-state index contributed by atoms with van der Waals surface area (Å²) in [6.07, 6.45) is 3.09. The van der Waals surface area contributed by atoms with E-state index in [1.807, 2.05) is 23.1 Å². The summed E-state index contributed by atoms with van der Waals surface area (Å²) < 4.78 is 0. The van der Waals surface area contributed by atoms with Crippen LogP contribution in [0.3, 0.4) is 0 Å². The third-order valence-corrected chi connectivity index (χ3v) is 5.49. The van der Waals surface area contributed by atoms with Crippen LogP contribution in [0.15, 0.2) is 42.5 Å². The molecule has 0 bridgehead atoms. The number of hydrogen-bond donors (Lipinski definition) is 0. The summed E-state index contributed by atoms with van der Waals surface area (Å²) >= 11 is 0. The molecule has 1 saturated heterocycles. The van der Waals surface area contributed by atoms with Crippen molar-refractivity contribution in [3.8, 4) is 0 Å². The molecule has 1 aliphatic heterocycles. The minimum Gasteiger partial charge on any atom is -0.326 e. The Balaban J connectivity index is 1.76. The maximum atomic E-state index is 12.6. The van der Waals surface area contributed by atoms with Gasteiger partial charge in [0, 0.05) is 12.8 Å². The Morgan fingerprint density at radius 3 is 2.74 bits per heavy atom. The normalized spacial score (nSPS) is 25.7. The number of amides is 1. The van der Waals surface area contributed by atoms with Gasteiger partial charge in [-0.2, -0.15) is 0 Å². The molecule has 1 aliphatic carbocycles. The van der Waals surface area contributed by atoms with E-state index < -0.39 is 0 Å². The monoisotopic (exact) mass is 307 g/mol. The zero-order valence-electron chi connectivity index (χ0n) is 13.4. The number of Topliss-reactive ketones (excluding diaryl/α,β-unsaturated/α-hetero) is 1. The van der Waals surface area contributed by atoms with Gasteiger partial charge in [-0.25, -0.2) is 0 Å². The third kappa shape index (κ3) is 2.26. The highest BCUT2D eigenvalue weighted by molar-refractivity contribution is 5.94. The minimum atomic E-state index is -0.204. The third-order valence-electron chi connectivity index (χ3n) is 5.49. The van der Waals surface area contributed by atoms with E-state index in [0.29, 0.717) is 12.8 Å². The molecule has 2 aliphatic rings. The fraction of sp³-hybridized carbons (Fsp3) is 0.400. The lowest BCUT2D eigenvalue weighted by atomic mass is 9.83. The van der Waals surface area contributed by atoms with Gasteiger partial charge in [-0.15, -0.1) is 0 Å². The first-order valence-corrected chi connectivity index (χ1v) is 8.48. The van der Waals surface area contributed by atoms with Crippen molar-refractivity contribution in [2.24, 2.45) is 5.92 Å². The molecule has 0 aromatic heterocycles. The second kappa shape index (κ2) is 5.48. The van der Waals surface area contributed by atoms with E-state index in [-0.39, 0.29) is 29.7 Å². The Hall–Kier alpha value is -2.16. The standard InChI is InChI=1S/C20H21NO2/c1-13(16-10-4-7-14-6-2-3-9-17(14)16)21-19(23)12-15-8-5-11-18(22)20(15)21/h2-4,6-7,9-10,13,15,20H,5,8,11-12H2,1H3/t13-,15-,20+/m0/s1. The van der Waals surface area contributed by atoms with Gasteiger partial charge in [-0.1, -0.05) is 42.5 Å². The number of carbonyl (C=O) groups excluding carboxylic acids is 2. The number of likely N-dealkylation sites (tertiary alicyclic amines) is 1. The van der Waals surface area contributed by atoms with Crippen LogP contribution in [0.5, 0.6) is 0 Å². The summed E-state index contributed by atoms with van der Waals surface area (Å²) in [5, 5.41) is 2.34. The molecule has 3 atom stereocenters. The van der Waals surface area contributed by atoms with Gasteiger partial charge in [0.2, 0.25) is 5.91 Å². The highest BCUT2D eigenvalue weighted by Gasteiger charge is 2.47. The van der Waals surface area contributed by atoms with E-state index in [1.54, 1.807) is 0 Å². The molecule has 1 heterocycles. The Bertz CT molecular complexity index is 777. The van der Waals surface area contributed by atoms with Gasteiger partial charge in [-0.3, -0.25) is 9.59 Å². The first-order chi connectivity index (χ1) is 11.2. The Morgan fingerprint density at radius 1 is 1.09 bits per heavy atom. The lowest BCUT2D eigenvalue weighted by Crippen LogP contribution is -2.44. The van der Waals surface area contributed by atoms with Crippen LogP contribution >= 0.6 is 0 Å². The molecule has 4 rings (SSSR count). The maximum absolute atomic E-state index is 12.6. The second-order valence-electron chi connectivity index (χ2n) is 6.81.